The monoisotopic (exact) mass is 405 g/mol. The second-order valence-electron chi connectivity index (χ2n) is 7.15. The molecule has 1 fully saturated rings. The van der Waals surface area contributed by atoms with E-state index in [1.54, 1.807) is 13.0 Å². The lowest BCUT2D eigenvalue weighted by atomic mass is 10.0. The molecular weight excluding hydrogens is 383 g/mol. The number of aromatic amines is 1. The molecule has 6 nitrogen and oxygen atoms in total. The van der Waals surface area contributed by atoms with E-state index in [1.165, 1.54) is 0 Å². The summed E-state index contributed by atoms with van der Waals surface area (Å²) in [6.07, 6.45) is -4.45. The fourth-order valence-electron chi connectivity index (χ4n) is 3.51. The topological polar surface area (TPSA) is 79.2 Å². The number of nitrogens with two attached hydrogens (primary N) is 1. The molecule has 0 spiro atoms. The Hall–Kier alpha value is -2.94. The van der Waals surface area contributed by atoms with Crippen molar-refractivity contribution in [1.82, 2.24) is 10.2 Å². The third-order valence-electron chi connectivity index (χ3n) is 5.08. The van der Waals surface area contributed by atoms with Crippen LogP contribution in [0, 0.1) is 0 Å². The van der Waals surface area contributed by atoms with Crippen LogP contribution in [0.3, 0.4) is 0 Å². The Kier molecular flexibility index (Phi) is 4.99. The number of anilines is 3. The van der Waals surface area contributed by atoms with Gasteiger partial charge < -0.3 is 20.7 Å². The third-order valence-corrected chi connectivity index (χ3v) is 5.08. The number of fused-ring (bicyclic) bond motifs is 1. The van der Waals surface area contributed by atoms with Crippen LogP contribution in [-0.4, -0.2) is 36.5 Å². The minimum Gasteiger partial charge on any atom is -0.399 e. The molecule has 1 atom stereocenters. The first-order valence-electron chi connectivity index (χ1n) is 9.36. The predicted octanol–water partition coefficient (Wildman–Crippen LogP) is 4.17. The Morgan fingerprint density at radius 3 is 2.66 bits per heavy atom. The highest BCUT2D eigenvalue weighted by molar-refractivity contribution is 5.92. The first kappa shape index (κ1) is 19.4. The lowest BCUT2D eigenvalue weighted by molar-refractivity contribution is -0.137. The van der Waals surface area contributed by atoms with Gasteiger partial charge in [0.15, 0.2) is 5.82 Å². The summed E-state index contributed by atoms with van der Waals surface area (Å²) in [6, 6.07) is 9.17. The summed E-state index contributed by atoms with van der Waals surface area (Å²) in [5.74, 6) is 0.582. The second kappa shape index (κ2) is 7.47. The van der Waals surface area contributed by atoms with Gasteiger partial charge in [-0.2, -0.15) is 18.3 Å². The molecule has 1 aliphatic rings. The molecule has 3 aromatic rings. The molecule has 4 rings (SSSR count). The third kappa shape index (κ3) is 4.09. The van der Waals surface area contributed by atoms with Crippen molar-refractivity contribution in [3.8, 4) is 0 Å². The van der Waals surface area contributed by atoms with Crippen molar-refractivity contribution in [3.05, 3.63) is 47.5 Å². The van der Waals surface area contributed by atoms with E-state index in [-0.39, 0.29) is 5.69 Å². The van der Waals surface area contributed by atoms with Crippen molar-refractivity contribution in [2.75, 3.05) is 42.3 Å². The number of ether oxygens (including phenoxy) is 1. The fourth-order valence-corrected chi connectivity index (χ4v) is 3.51. The van der Waals surface area contributed by atoms with Gasteiger partial charge in [-0.1, -0.05) is 0 Å². The van der Waals surface area contributed by atoms with Crippen LogP contribution in [0.5, 0.6) is 0 Å². The minimum absolute atomic E-state index is 0.0740. The van der Waals surface area contributed by atoms with Gasteiger partial charge in [0.25, 0.3) is 0 Å². The minimum atomic E-state index is -4.45. The Labute approximate surface area is 165 Å². The van der Waals surface area contributed by atoms with Crippen LogP contribution in [0.25, 0.3) is 10.9 Å². The van der Waals surface area contributed by atoms with E-state index >= 15 is 0 Å². The lowest BCUT2D eigenvalue weighted by Gasteiger charge is -2.28. The quantitative estimate of drug-likeness (QED) is 0.568. The normalized spacial score (nSPS) is 16.2. The molecule has 0 amide bonds. The van der Waals surface area contributed by atoms with Gasteiger partial charge in [0, 0.05) is 29.9 Å². The van der Waals surface area contributed by atoms with Gasteiger partial charge in [0.05, 0.1) is 30.3 Å². The number of morpholine rings is 1. The maximum atomic E-state index is 13.1. The molecule has 0 saturated carbocycles. The molecule has 0 unspecified atom stereocenters. The highest BCUT2D eigenvalue weighted by atomic mass is 19.4. The number of aromatic nitrogens is 2. The van der Waals surface area contributed by atoms with E-state index in [2.05, 4.69) is 20.4 Å². The zero-order chi connectivity index (χ0) is 20.6. The van der Waals surface area contributed by atoms with Gasteiger partial charge in [-0.25, -0.2) is 0 Å². The number of hydrogen-bond acceptors (Lipinski definition) is 5. The zero-order valence-corrected chi connectivity index (χ0v) is 15.9. The van der Waals surface area contributed by atoms with Gasteiger partial charge in [0.1, 0.15) is 0 Å². The smallest absolute Gasteiger partial charge is 0.399 e. The number of halogens is 3. The van der Waals surface area contributed by atoms with Gasteiger partial charge in [-0.05, 0) is 48.9 Å². The molecule has 9 heteroatoms. The van der Waals surface area contributed by atoms with E-state index in [9.17, 15) is 13.2 Å². The van der Waals surface area contributed by atoms with Gasteiger partial charge in [-0.15, -0.1) is 0 Å². The maximum Gasteiger partial charge on any atom is 0.416 e. The number of benzene rings is 2. The molecular formula is C20H22F3N5O. The SMILES string of the molecule is C[C@@H](Nc1n[nH]c2ccc(N3CCOCC3)cc12)c1cc(N)cc(C(F)(F)F)c1. The van der Waals surface area contributed by atoms with Gasteiger partial charge in [-0.3, -0.25) is 5.10 Å². The summed E-state index contributed by atoms with van der Waals surface area (Å²) < 4.78 is 44.7. The summed E-state index contributed by atoms with van der Waals surface area (Å²) in [5, 5.41) is 11.4. The van der Waals surface area contributed by atoms with Crippen LogP contribution in [-0.2, 0) is 10.9 Å². The molecule has 0 radical (unpaired) electrons. The Balaban J connectivity index is 1.61. The van der Waals surface area contributed by atoms with Crippen LogP contribution in [0.15, 0.2) is 36.4 Å². The number of hydrogen-bond donors (Lipinski definition) is 3. The van der Waals surface area contributed by atoms with E-state index in [0.29, 0.717) is 24.6 Å². The molecule has 1 aromatic heterocycles. The largest absolute Gasteiger partial charge is 0.416 e. The summed E-state index contributed by atoms with van der Waals surface area (Å²) in [7, 11) is 0. The average molecular weight is 405 g/mol. The predicted molar refractivity (Wildman–Crippen MR) is 107 cm³/mol. The van der Waals surface area contributed by atoms with Crippen LogP contribution >= 0.6 is 0 Å². The van der Waals surface area contributed by atoms with Crippen molar-refractivity contribution in [2.24, 2.45) is 0 Å². The van der Waals surface area contributed by atoms with Crippen molar-refractivity contribution < 1.29 is 17.9 Å². The number of alkyl halides is 3. The van der Waals surface area contributed by atoms with Crippen molar-refractivity contribution >= 4 is 28.1 Å². The van der Waals surface area contributed by atoms with Gasteiger partial charge in [0.2, 0.25) is 0 Å². The Bertz CT molecular complexity index is 1010. The van der Waals surface area contributed by atoms with Crippen LogP contribution in [0.2, 0.25) is 0 Å². The van der Waals surface area contributed by atoms with E-state index < -0.39 is 17.8 Å². The van der Waals surface area contributed by atoms with Crippen molar-refractivity contribution in [1.29, 1.82) is 0 Å². The van der Waals surface area contributed by atoms with E-state index in [1.807, 2.05) is 18.2 Å². The number of nitrogen functional groups attached to an aromatic ring is 1. The summed E-state index contributed by atoms with van der Waals surface area (Å²) >= 11 is 0. The van der Waals surface area contributed by atoms with Crippen LogP contribution < -0.4 is 16.0 Å². The molecule has 1 aliphatic heterocycles. The molecule has 4 N–H and O–H groups in total. The molecule has 0 bridgehead atoms. The Morgan fingerprint density at radius 2 is 1.93 bits per heavy atom. The molecule has 0 aliphatic carbocycles. The lowest BCUT2D eigenvalue weighted by Crippen LogP contribution is -2.36. The zero-order valence-electron chi connectivity index (χ0n) is 15.9. The van der Waals surface area contributed by atoms with Crippen molar-refractivity contribution in [3.63, 3.8) is 0 Å². The van der Waals surface area contributed by atoms with Crippen LogP contribution in [0.1, 0.15) is 24.1 Å². The highest BCUT2D eigenvalue weighted by Crippen LogP contribution is 2.34. The number of H-pyrrole nitrogens is 1. The first-order chi connectivity index (χ1) is 13.8. The Morgan fingerprint density at radius 1 is 1.17 bits per heavy atom. The van der Waals surface area contributed by atoms with Gasteiger partial charge >= 0.3 is 6.18 Å². The van der Waals surface area contributed by atoms with Crippen LogP contribution in [0.4, 0.5) is 30.4 Å². The number of nitrogens with one attached hydrogen (secondary N) is 2. The summed E-state index contributed by atoms with van der Waals surface area (Å²) in [6.45, 7) is 4.77. The maximum absolute atomic E-state index is 13.1. The molecule has 154 valence electrons. The molecule has 2 heterocycles. The molecule has 2 aromatic carbocycles. The number of rotatable bonds is 4. The highest BCUT2D eigenvalue weighted by Gasteiger charge is 2.31. The summed E-state index contributed by atoms with van der Waals surface area (Å²) in [4.78, 5) is 2.23. The first-order valence-corrected chi connectivity index (χ1v) is 9.36. The van der Waals surface area contributed by atoms with Crippen molar-refractivity contribution in [2.45, 2.75) is 19.1 Å². The molecule has 29 heavy (non-hydrogen) atoms. The molecule has 1 saturated heterocycles. The fraction of sp³-hybridized carbons (Fsp3) is 0.350. The average Bonchev–Trinajstić information content (AvgIpc) is 3.09. The summed E-state index contributed by atoms with van der Waals surface area (Å²) in [5.41, 5.74) is 7.35. The van der Waals surface area contributed by atoms with E-state index in [0.717, 1.165) is 41.8 Å². The standard InChI is InChI=1S/C20H22F3N5O/c1-12(13-8-14(20(21,22)23)10-15(24)9-13)25-19-17-11-16(2-3-18(17)26-27-19)28-4-6-29-7-5-28/h2-3,8-12H,4-7,24H2,1H3,(H2,25,26,27)/t12-/m1/s1. The second-order valence-corrected chi connectivity index (χ2v) is 7.15. The van der Waals surface area contributed by atoms with E-state index in [4.69, 9.17) is 10.5 Å². The number of nitrogens with zero attached hydrogens (tertiary/aromatic N) is 2.